The van der Waals surface area contributed by atoms with Crippen LogP contribution < -0.4 is 0 Å². The Hall–Kier alpha value is -2.69. The maximum absolute atomic E-state index is 4.11. The molecule has 0 unspecified atom stereocenters. The molecule has 0 saturated carbocycles. The highest BCUT2D eigenvalue weighted by Gasteiger charge is 1.89. The predicted octanol–water partition coefficient (Wildman–Crippen LogP) is 2.52. The fraction of sp³-hybridized carbons (Fsp3) is 0. The molecule has 0 amide bonds. The summed E-state index contributed by atoms with van der Waals surface area (Å²) in [7, 11) is 0. The summed E-state index contributed by atoms with van der Waals surface area (Å²) in [6.07, 6.45) is 8.82. The van der Waals surface area contributed by atoms with Crippen LogP contribution in [-0.2, 0) is 0 Å². The lowest BCUT2D eigenvalue weighted by atomic mass is 10.4. The molecular formula is C13H11N5. The minimum absolute atomic E-state index is 0.894. The first kappa shape index (κ1) is 10.5. The van der Waals surface area contributed by atoms with Crippen molar-refractivity contribution in [2.24, 2.45) is 0 Å². The van der Waals surface area contributed by atoms with Crippen LogP contribution in [0.5, 0.6) is 0 Å². The molecule has 4 rings (SSSR count). The van der Waals surface area contributed by atoms with Crippen molar-refractivity contribution < 1.29 is 0 Å². The summed E-state index contributed by atoms with van der Waals surface area (Å²) >= 11 is 0. The van der Waals surface area contributed by atoms with Gasteiger partial charge in [-0.25, -0.2) is 9.97 Å². The van der Waals surface area contributed by atoms with E-state index in [1.54, 1.807) is 12.4 Å². The summed E-state index contributed by atoms with van der Waals surface area (Å²) in [6.45, 7) is 0. The number of aromatic amines is 2. The average Bonchev–Trinajstić information content (AvgIpc) is 3.08. The Bertz CT molecular complexity index is 629. The van der Waals surface area contributed by atoms with Gasteiger partial charge in [0.25, 0.3) is 0 Å². The maximum atomic E-state index is 4.11. The third-order valence-electron chi connectivity index (χ3n) is 2.54. The molecule has 0 atom stereocenters. The lowest BCUT2D eigenvalue weighted by Gasteiger charge is -1.82. The molecule has 5 heteroatoms. The van der Waals surface area contributed by atoms with E-state index in [4.69, 9.17) is 0 Å². The third-order valence-corrected chi connectivity index (χ3v) is 2.54. The van der Waals surface area contributed by atoms with Crippen LogP contribution in [0.1, 0.15) is 0 Å². The molecule has 4 aromatic heterocycles. The van der Waals surface area contributed by atoms with Gasteiger partial charge in [-0.3, -0.25) is 4.98 Å². The van der Waals surface area contributed by atoms with Crippen molar-refractivity contribution in [3.8, 4) is 0 Å². The van der Waals surface area contributed by atoms with E-state index in [2.05, 4.69) is 24.9 Å². The molecule has 88 valence electrons. The molecule has 0 spiro atoms. The highest BCUT2D eigenvalue weighted by Crippen LogP contribution is 2.05. The summed E-state index contributed by atoms with van der Waals surface area (Å²) in [5, 5.41) is 1.05. The van der Waals surface area contributed by atoms with E-state index in [0.29, 0.717) is 0 Å². The van der Waals surface area contributed by atoms with Gasteiger partial charge in [-0.2, -0.15) is 0 Å². The molecule has 5 nitrogen and oxygen atoms in total. The number of hydrogen-bond acceptors (Lipinski definition) is 3. The van der Waals surface area contributed by atoms with E-state index in [0.717, 1.165) is 22.1 Å². The third kappa shape index (κ3) is 2.06. The molecule has 0 bridgehead atoms. The summed E-state index contributed by atoms with van der Waals surface area (Å²) in [6, 6.07) is 7.81. The standard InChI is InChI=1S/C7H6N2.C6H5N3/c1-2-6-7(8-4-1)3-5-9-6;1-2-8-6-5(1)3-7-4-9-6/h1-5,9H;1-4H,(H,7,8,9). The molecule has 4 aromatic rings. The van der Waals surface area contributed by atoms with E-state index in [1.807, 2.05) is 36.7 Å². The number of hydrogen-bond donors (Lipinski definition) is 2. The molecule has 0 aromatic carbocycles. The Morgan fingerprint density at radius 1 is 0.944 bits per heavy atom. The van der Waals surface area contributed by atoms with E-state index in [1.165, 1.54) is 6.33 Å². The zero-order chi connectivity index (χ0) is 12.2. The monoisotopic (exact) mass is 237 g/mol. The Labute approximate surface area is 103 Å². The largest absolute Gasteiger partial charge is 0.360 e. The van der Waals surface area contributed by atoms with E-state index < -0.39 is 0 Å². The number of rotatable bonds is 0. The average molecular weight is 237 g/mol. The van der Waals surface area contributed by atoms with Crippen molar-refractivity contribution >= 4 is 22.1 Å². The number of nitrogens with one attached hydrogen (secondary N) is 2. The summed E-state index contributed by atoms with van der Waals surface area (Å²) in [5.41, 5.74) is 3.01. The summed E-state index contributed by atoms with van der Waals surface area (Å²) < 4.78 is 0. The van der Waals surface area contributed by atoms with Crippen LogP contribution >= 0.6 is 0 Å². The van der Waals surface area contributed by atoms with Crippen molar-refractivity contribution in [2.75, 3.05) is 0 Å². The van der Waals surface area contributed by atoms with Gasteiger partial charge < -0.3 is 9.97 Å². The first-order chi connectivity index (χ1) is 8.93. The van der Waals surface area contributed by atoms with Crippen LogP contribution in [0.2, 0.25) is 0 Å². The highest BCUT2D eigenvalue weighted by molar-refractivity contribution is 5.74. The van der Waals surface area contributed by atoms with Gasteiger partial charge in [0.2, 0.25) is 0 Å². The van der Waals surface area contributed by atoms with Crippen molar-refractivity contribution in [3.63, 3.8) is 0 Å². The first-order valence-electron chi connectivity index (χ1n) is 5.55. The summed E-state index contributed by atoms with van der Waals surface area (Å²) in [5.74, 6) is 0. The van der Waals surface area contributed by atoms with Gasteiger partial charge >= 0.3 is 0 Å². The van der Waals surface area contributed by atoms with E-state index in [9.17, 15) is 0 Å². The van der Waals surface area contributed by atoms with Gasteiger partial charge in [0.05, 0.1) is 11.0 Å². The zero-order valence-corrected chi connectivity index (χ0v) is 9.54. The van der Waals surface area contributed by atoms with Crippen molar-refractivity contribution in [2.45, 2.75) is 0 Å². The Kier molecular flexibility index (Phi) is 2.71. The molecule has 2 N–H and O–H groups in total. The highest BCUT2D eigenvalue weighted by atomic mass is 14.9. The number of H-pyrrole nitrogens is 2. The fourth-order valence-corrected chi connectivity index (χ4v) is 1.68. The van der Waals surface area contributed by atoms with Gasteiger partial charge in [-0.05, 0) is 24.3 Å². The first-order valence-corrected chi connectivity index (χ1v) is 5.55. The normalized spacial score (nSPS) is 10.2. The number of fused-ring (bicyclic) bond motifs is 2. The topological polar surface area (TPSA) is 70.2 Å². The molecule has 0 saturated heterocycles. The minimum atomic E-state index is 0.894. The van der Waals surface area contributed by atoms with Gasteiger partial charge in [-0.15, -0.1) is 0 Å². The van der Waals surface area contributed by atoms with Gasteiger partial charge in [-0.1, -0.05) is 0 Å². The number of aromatic nitrogens is 5. The van der Waals surface area contributed by atoms with Crippen molar-refractivity contribution in [3.05, 3.63) is 55.4 Å². The smallest absolute Gasteiger partial charge is 0.140 e. The minimum Gasteiger partial charge on any atom is -0.360 e. The molecule has 4 heterocycles. The van der Waals surface area contributed by atoms with E-state index in [-0.39, 0.29) is 0 Å². The predicted molar refractivity (Wildman–Crippen MR) is 70.0 cm³/mol. The molecule has 0 radical (unpaired) electrons. The van der Waals surface area contributed by atoms with Crippen molar-refractivity contribution in [1.29, 1.82) is 0 Å². The quantitative estimate of drug-likeness (QED) is 0.493. The SMILES string of the molecule is c1cnc2cc[nH]c2c1.c1ncc2cc[nH]c2n1. The number of pyridine rings is 1. The lowest BCUT2D eigenvalue weighted by Crippen LogP contribution is -1.75. The second-order valence-corrected chi connectivity index (χ2v) is 3.72. The molecular weight excluding hydrogens is 226 g/mol. The maximum Gasteiger partial charge on any atom is 0.140 e. The van der Waals surface area contributed by atoms with Crippen LogP contribution in [0, 0.1) is 0 Å². The second-order valence-electron chi connectivity index (χ2n) is 3.72. The van der Waals surface area contributed by atoms with Gasteiger partial charge in [0, 0.05) is 30.2 Å². The van der Waals surface area contributed by atoms with E-state index >= 15 is 0 Å². The second kappa shape index (κ2) is 4.67. The van der Waals surface area contributed by atoms with Crippen LogP contribution in [-0.4, -0.2) is 24.9 Å². The van der Waals surface area contributed by atoms with Crippen molar-refractivity contribution in [1.82, 2.24) is 24.9 Å². The lowest BCUT2D eigenvalue weighted by molar-refractivity contribution is 1.20. The molecule has 0 aliphatic rings. The Morgan fingerprint density at radius 3 is 2.78 bits per heavy atom. The van der Waals surface area contributed by atoms with Crippen LogP contribution in [0.4, 0.5) is 0 Å². The molecule has 0 fully saturated rings. The number of nitrogens with zero attached hydrogens (tertiary/aromatic N) is 3. The Morgan fingerprint density at radius 2 is 1.89 bits per heavy atom. The van der Waals surface area contributed by atoms with Crippen LogP contribution in [0.25, 0.3) is 22.1 Å². The molecule has 18 heavy (non-hydrogen) atoms. The van der Waals surface area contributed by atoms with Gasteiger partial charge in [0.15, 0.2) is 0 Å². The Balaban J connectivity index is 0.000000111. The summed E-state index contributed by atoms with van der Waals surface area (Å²) in [4.78, 5) is 18.0. The van der Waals surface area contributed by atoms with Gasteiger partial charge in [0.1, 0.15) is 12.0 Å². The fourth-order valence-electron chi connectivity index (χ4n) is 1.68. The van der Waals surface area contributed by atoms with Crippen LogP contribution in [0.3, 0.4) is 0 Å². The zero-order valence-electron chi connectivity index (χ0n) is 9.54. The molecule has 0 aliphatic carbocycles. The molecule has 0 aliphatic heterocycles. The van der Waals surface area contributed by atoms with Crippen LogP contribution in [0.15, 0.2) is 55.4 Å².